The SMILES string of the molecule is CCOC(c1ncc(CCl)[nH]1)C1CC1. The average molecular weight is 215 g/mol. The summed E-state index contributed by atoms with van der Waals surface area (Å²) in [5.41, 5.74) is 0.965. The molecule has 0 aromatic carbocycles. The number of nitrogens with zero attached hydrogens (tertiary/aromatic N) is 1. The van der Waals surface area contributed by atoms with Crippen molar-refractivity contribution in [2.75, 3.05) is 6.61 Å². The Labute approximate surface area is 88.8 Å². The number of rotatable bonds is 5. The van der Waals surface area contributed by atoms with Gasteiger partial charge in [0.25, 0.3) is 0 Å². The minimum atomic E-state index is 0.150. The summed E-state index contributed by atoms with van der Waals surface area (Å²) in [6.07, 6.45) is 4.44. The molecule has 0 spiro atoms. The van der Waals surface area contributed by atoms with Gasteiger partial charge in [-0.25, -0.2) is 4.98 Å². The molecule has 1 aromatic rings. The standard InChI is InChI=1S/C10H15ClN2O/c1-2-14-9(7-3-4-7)10-12-6-8(5-11)13-10/h6-7,9H,2-5H2,1H3,(H,12,13). The summed E-state index contributed by atoms with van der Waals surface area (Å²) in [5, 5.41) is 0. The molecule has 0 radical (unpaired) electrons. The molecular weight excluding hydrogens is 200 g/mol. The van der Waals surface area contributed by atoms with Gasteiger partial charge < -0.3 is 9.72 Å². The minimum absolute atomic E-state index is 0.150. The Balaban J connectivity index is 2.08. The van der Waals surface area contributed by atoms with Gasteiger partial charge in [-0.2, -0.15) is 0 Å². The van der Waals surface area contributed by atoms with Crippen molar-refractivity contribution in [3.63, 3.8) is 0 Å². The highest BCUT2D eigenvalue weighted by Gasteiger charge is 2.34. The third kappa shape index (κ3) is 2.10. The van der Waals surface area contributed by atoms with Crippen molar-refractivity contribution >= 4 is 11.6 Å². The zero-order valence-corrected chi connectivity index (χ0v) is 9.05. The zero-order chi connectivity index (χ0) is 9.97. The molecule has 1 fully saturated rings. The van der Waals surface area contributed by atoms with Crippen LogP contribution in [0.15, 0.2) is 6.20 Å². The summed E-state index contributed by atoms with van der Waals surface area (Å²) in [5.74, 6) is 2.07. The molecule has 0 saturated heterocycles. The van der Waals surface area contributed by atoms with Crippen LogP contribution in [0.25, 0.3) is 0 Å². The number of aromatic nitrogens is 2. The van der Waals surface area contributed by atoms with E-state index in [-0.39, 0.29) is 6.10 Å². The third-order valence-corrected chi connectivity index (χ3v) is 2.75. The first-order chi connectivity index (χ1) is 6.85. The Bertz CT molecular complexity index is 296. The van der Waals surface area contributed by atoms with E-state index >= 15 is 0 Å². The highest BCUT2D eigenvalue weighted by atomic mass is 35.5. The lowest BCUT2D eigenvalue weighted by molar-refractivity contribution is 0.0406. The van der Waals surface area contributed by atoms with Crippen LogP contribution in [-0.4, -0.2) is 16.6 Å². The van der Waals surface area contributed by atoms with Gasteiger partial charge >= 0.3 is 0 Å². The number of nitrogens with one attached hydrogen (secondary N) is 1. The molecule has 1 unspecified atom stereocenters. The van der Waals surface area contributed by atoms with Crippen LogP contribution < -0.4 is 0 Å². The fourth-order valence-electron chi connectivity index (χ4n) is 1.61. The van der Waals surface area contributed by atoms with Crippen LogP contribution in [-0.2, 0) is 10.6 Å². The van der Waals surface area contributed by atoms with Crippen molar-refractivity contribution in [3.05, 3.63) is 17.7 Å². The van der Waals surface area contributed by atoms with Gasteiger partial charge in [-0.1, -0.05) is 0 Å². The van der Waals surface area contributed by atoms with Crippen molar-refractivity contribution in [2.24, 2.45) is 5.92 Å². The first kappa shape index (κ1) is 9.99. The Morgan fingerprint density at radius 1 is 1.71 bits per heavy atom. The van der Waals surface area contributed by atoms with Crippen molar-refractivity contribution in [1.82, 2.24) is 9.97 Å². The molecule has 4 heteroatoms. The number of hydrogen-bond donors (Lipinski definition) is 1. The number of hydrogen-bond acceptors (Lipinski definition) is 2. The van der Waals surface area contributed by atoms with Gasteiger partial charge in [0, 0.05) is 18.5 Å². The molecule has 2 rings (SSSR count). The summed E-state index contributed by atoms with van der Waals surface area (Å²) < 4.78 is 5.67. The lowest BCUT2D eigenvalue weighted by Crippen LogP contribution is -2.08. The van der Waals surface area contributed by atoms with Gasteiger partial charge in [-0.15, -0.1) is 11.6 Å². The molecule has 1 aromatic heterocycles. The Kier molecular flexibility index (Phi) is 3.08. The Hall–Kier alpha value is -0.540. The maximum absolute atomic E-state index is 5.71. The molecule has 3 nitrogen and oxygen atoms in total. The number of ether oxygens (including phenoxy) is 1. The smallest absolute Gasteiger partial charge is 0.135 e. The molecule has 0 aliphatic heterocycles. The second kappa shape index (κ2) is 4.32. The fourth-order valence-corrected chi connectivity index (χ4v) is 1.74. The molecule has 0 amide bonds. The van der Waals surface area contributed by atoms with Crippen LogP contribution >= 0.6 is 11.6 Å². The third-order valence-electron chi connectivity index (χ3n) is 2.46. The van der Waals surface area contributed by atoms with Crippen LogP contribution in [0.4, 0.5) is 0 Å². The van der Waals surface area contributed by atoms with Gasteiger partial charge in [0.15, 0.2) is 0 Å². The van der Waals surface area contributed by atoms with Gasteiger partial charge in [0.1, 0.15) is 11.9 Å². The largest absolute Gasteiger partial charge is 0.370 e. The van der Waals surface area contributed by atoms with Crippen molar-refractivity contribution < 1.29 is 4.74 Å². The van der Waals surface area contributed by atoms with Crippen molar-refractivity contribution in [3.8, 4) is 0 Å². The second-order valence-corrected chi connectivity index (χ2v) is 3.91. The first-order valence-electron chi connectivity index (χ1n) is 5.06. The molecule has 14 heavy (non-hydrogen) atoms. The molecule has 1 N–H and O–H groups in total. The van der Waals surface area contributed by atoms with E-state index in [0.717, 1.165) is 18.1 Å². The average Bonchev–Trinajstić information content (AvgIpc) is 2.92. The molecule has 1 aliphatic carbocycles. The van der Waals surface area contributed by atoms with E-state index in [9.17, 15) is 0 Å². The van der Waals surface area contributed by atoms with Crippen LogP contribution in [0.2, 0.25) is 0 Å². The zero-order valence-electron chi connectivity index (χ0n) is 8.29. The number of H-pyrrole nitrogens is 1. The van der Waals surface area contributed by atoms with E-state index < -0.39 is 0 Å². The van der Waals surface area contributed by atoms with E-state index in [1.165, 1.54) is 12.8 Å². The number of alkyl halides is 1. The lowest BCUT2D eigenvalue weighted by atomic mass is 10.2. The lowest BCUT2D eigenvalue weighted by Gasteiger charge is -2.13. The van der Waals surface area contributed by atoms with Crippen molar-refractivity contribution in [2.45, 2.75) is 31.7 Å². The molecule has 1 saturated carbocycles. The van der Waals surface area contributed by atoms with E-state index in [1.54, 1.807) is 6.20 Å². The quantitative estimate of drug-likeness (QED) is 0.766. The number of aromatic amines is 1. The van der Waals surface area contributed by atoms with Gasteiger partial charge in [0.05, 0.1) is 5.88 Å². The van der Waals surface area contributed by atoms with Crippen LogP contribution in [0.1, 0.15) is 37.4 Å². The monoisotopic (exact) mass is 214 g/mol. The van der Waals surface area contributed by atoms with E-state index in [4.69, 9.17) is 16.3 Å². The number of imidazole rings is 1. The topological polar surface area (TPSA) is 37.9 Å². The van der Waals surface area contributed by atoms with Gasteiger partial charge in [-0.3, -0.25) is 0 Å². The van der Waals surface area contributed by atoms with E-state index in [2.05, 4.69) is 9.97 Å². The molecule has 78 valence electrons. The maximum Gasteiger partial charge on any atom is 0.135 e. The molecule has 1 aliphatic rings. The van der Waals surface area contributed by atoms with Gasteiger partial charge in [0.2, 0.25) is 0 Å². The summed E-state index contributed by atoms with van der Waals surface area (Å²) in [6.45, 7) is 2.75. The summed E-state index contributed by atoms with van der Waals surface area (Å²) >= 11 is 5.71. The summed E-state index contributed by atoms with van der Waals surface area (Å²) in [4.78, 5) is 7.50. The molecule has 0 bridgehead atoms. The molecule has 1 atom stereocenters. The summed E-state index contributed by atoms with van der Waals surface area (Å²) in [6, 6.07) is 0. The van der Waals surface area contributed by atoms with E-state index in [1.807, 2.05) is 6.92 Å². The minimum Gasteiger partial charge on any atom is -0.370 e. The highest BCUT2D eigenvalue weighted by molar-refractivity contribution is 6.16. The Morgan fingerprint density at radius 2 is 2.50 bits per heavy atom. The van der Waals surface area contributed by atoms with Crippen LogP contribution in [0.5, 0.6) is 0 Å². The highest BCUT2D eigenvalue weighted by Crippen LogP contribution is 2.42. The molecule has 1 heterocycles. The number of halogens is 1. The fraction of sp³-hybridized carbons (Fsp3) is 0.700. The second-order valence-electron chi connectivity index (χ2n) is 3.64. The van der Waals surface area contributed by atoms with Crippen LogP contribution in [0, 0.1) is 5.92 Å². The predicted molar refractivity (Wildman–Crippen MR) is 55.2 cm³/mol. The van der Waals surface area contributed by atoms with Crippen LogP contribution in [0.3, 0.4) is 0 Å². The first-order valence-corrected chi connectivity index (χ1v) is 5.60. The normalized spacial score (nSPS) is 18.4. The summed E-state index contributed by atoms with van der Waals surface area (Å²) in [7, 11) is 0. The van der Waals surface area contributed by atoms with Crippen molar-refractivity contribution in [1.29, 1.82) is 0 Å². The van der Waals surface area contributed by atoms with Gasteiger partial charge in [-0.05, 0) is 25.7 Å². The molecular formula is C10H15ClN2O. The Morgan fingerprint density at radius 3 is 3.00 bits per heavy atom. The predicted octanol–water partition coefficient (Wildman–Crippen LogP) is 2.64. The van der Waals surface area contributed by atoms with E-state index in [0.29, 0.717) is 11.8 Å². The maximum atomic E-state index is 5.71.